The lowest BCUT2D eigenvalue weighted by Crippen LogP contribution is -2.44. The third kappa shape index (κ3) is 2.56. The van der Waals surface area contributed by atoms with Crippen LogP contribution in [-0.4, -0.2) is 34.5 Å². The Morgan fingerprint density at radius 1 is 1.30 bits per heavy atom. The lowest BCUT2D eigenvalue weighted by molar-refractivity contribution is -0.384. The first-order chi connectivity index (χ1) is 9.21. The number of nitrogens with zero attached hydrogens (tertiary/aromatic N) is 3. The van der Waals surface area contributed by atoms with Gasteiger partial charge < -0.3 is 4.90 Å². The average Bonchev–Trinajstić information content (AvgIpc) is 2.70. The second kappa shape index (κ2) is 4.94. The minimum absolute atomic E-state index is 0.0851. The van der Waals surface area contributed by atoms with Crippen molar-refractivity contribution in [2.24, 2.45) is 0 Å². The number of carbonyl (C=O) groups is 1. The van der Waals surface area contributed by atoms with E-state index in [1.54, 1.807) is 9.80 Å². The zero-order valence-corrected chi connectivity index (χ0v) is 12.3. The monoisotopic (exact) mass is 297 g/mol. The predicted octanol–water partition coefficient (Wildman–Crippen LogP) is 3.29. The van der Waals surface area contributed by atoms with Crippen molar-refractivity contribution in [3.63, 3.8) is 0 Å². The summed E-state index contributed by atoms with van der Waals surface area (Å²) in [5.41, 5.74) is 0.158. The smallest absolute Gasteiger partial charge is 0.318 e. The molecular formula is C13H16ClN3O3. The largest absolute Gasteiger partial charge is 0.325 e. The maximum absolute atomic E-state index is 12.4. The van der Waals surface area contributed by atoms with Crippen LogP contribution in [0, 0.1) is 10.1 Å². The zero-order valence-electron chi connectivity index (χ0n) is 11.6. The number of carbonyl (C=O) groups excluding carboxylic acids is 1. The molecule has 0 saturated carbocycles. The highest BCUT2D eigenvalue weighted by atomic mass is 35.5. The Morgan fingerprint density at radius 2 is 1.95 bits per heavy atom. The first kappa shape index (κ1) is 14.6. The van der Waals surface area contributed by atoms with Crippen molar-refractivity contribution in [2.75, 3.05) is 18.0 Å². The van der Waals surface area contributed by atoms with Gasteiger partial charge in [0.1, 0.15) is 0 Å². The van der Waals surface area contributed by atoms with Gasteiger partial charge in [-0.25, -0.2) is 4.79 Å². The van der Waals surface area contributed by atoms with E-state index in [9.17, 15) is 14.9 Å². The third-order valence-electron chi connectivity index (χ3n) is 3.25. The van der Waals surface area contributed by atoms with Crippen LogP contribution >= 0.6 is 11.6 Å². The van der Waals surface area contributed by atoms with Gasteiger partial charge in [0.25, 0.3) is 5.69 Å². The van der Waals surface area contributed by atoms with Crippen LogP contribution in [0.5, 0.6) is 0 Å². The van der Waals surface area contributed by atoms with Gasteiger partial charge in [0.15, 0.2) is 0 Å². The molecule has 0 aliphatic carbocycles. The van der Waals surface area contributed by atoms with Gasteiger partial charge in [-0.1, -0.05) is 11.6 Å². The molecule has 0 atom stereocenters. The van der Waals surface area contributed by atoms with Gasteiger partial charge in [-0.05, 0) is 26.8 Å². The molecule has 0 unspecified atom stereocenters. The molecule has 1 heterocycles. The van der Waals surface area contributed by atoms with E-state index >= 15 is 0 Å². The van der Waals surface area contributed by atoms with Gasteiger partial charge in [0.05, 0.1) is 15.6 Å². The fourth-order valence-electron chi connectivity index (χ4n) is 2.21. The number of hydrogen-bond donors (Lipinski definition) is 0. The van der Waals surface area contributed by atoms with Crippen molar-refractivity contribution in [1.82, 2.24) is 4.90 Å². The molecule has 6 nitrogen and oxygen atoms in total. The zero-order chi connectivity index (χ0) is 15.1. The number of non-ortho nitro benzene ring substituents is 1. The molecule has 108 valence electrons. The lowest BCUT2D eigenvalue weighted by Gasteiger charge is -2.31. The maximum Gasteiger partial charge on any atom is 0.325 e. The molecular weight excluding hydrogens is 282 g/mol. The quantitative estimate of drug-likeness (QED) is 0.621. The highest BCUT2D eigenvalue weighted by Gasteiger charge is 2.37. The fourth-order valence-corrected chi connectivity index (χ4v) is 2.49. The van der Waals surface area contributed by atoms with Gasteiger partial charge >= 0.3 is 6.03 Å². The number of hydrogen-bond acceptors (Lipinski definition) is 3. The number of anilines is 1. The standard InChI is InChI=1S/C13H16ClN3O3/c1-13(2,3)16-7-6-15(12(16)18)11-5-4-9(17(19)20)8-10(11)14/h4-5,8H,6-7H2,1-3H3. The van der Waals surface area contributed by atoms with Crippen LogP contribution in [0.4, 0.5) is 16.2 Å². The molecule has 0 bridgehead atoms. The van der Waals surface area contributed by atoms with Crippen molar-refractivity contribution >= 4 is 29.0 Å². The van der Waals surface area contributed by atoms with E-state index < -0.39 is 4.92 Å². The summed E-state index contributed by atoms with van der Waals surface area (Å²) in [5.74, 6) is 0. The van der Waals surface area contributed by atoms with E-state index in [1.807, 2.05) is 20.8 Å². The summed E-state index contributed by atoms with van der Waals surface area (Å²) in [5, 5.41) is 10.9. The Balaban J connectivity index is 2.30. The van der Waals surface area contributed by atoms with Gasteiger partial charge in [0, 0.05) is 30.8 Å². The van der Waals surface area contributed by atoms with Crippen LogP contribution in [0.25, 0.3) is 0 Å². The lowest BCUT2D eigenvalue weighted by atomic mass is 10.1. The first-order valence-electron chi connectivity index (χ1n) is 6.25. The Hall–Kier alpha value is -1.82. The second-order valence-electron chi connectivity index (χ2n) is 5.65. The molecule has 1 aromatic carbocycles. The minimum Gasteiger partial charge on any atom is -0.318 e. The average molecular weight is 298 g/mol. The van der Waals surface area contributed by atoms with Crippen molar-refractivity contribution in [2.45, 2.75) is 26.3 Å². The Kier molecular flexibility index (Phi) is 3.60. The second-order valence-corrected chi connectivity index (χ2v) is 6.06. The molecule has 0 spiro atoms. The summed E-state index contributed by atoms with van der Waals surface area (Å²) >= 11 is 6.06. The summed E-state index contributed by atoms with van der Waals surface area (Å²) in [4.78, 5) is 25.9. The summed E-state index contributed by atoms with van der Waals surface area (Å²) in [6, 6.07) is 4.01. The molecule has 0 aromatic heterocycles. The highest BCUT2D eigenvalue weighted by Crippen LogP contribution is 2.33. The van der Waals surface area contributed by atoms with Gasteiger partial charge in [0.2, 0.25) is 0 Å². The van der Waals surface area contributed by atoms with Gasteiger partial charge in [-0.3, -0.25) is 15.0 Å². The Labute approximate surface area is 122 Å². The summed E-state index contributed by atoms with van der Waals surface area (Å²) in [6.07, 6.45) is 0. The molecule has 1 saturated heterocycles. The number of nitro benzene ring substituents is 1. The van der Waals surface area contributed by atoms with Crippen molar-refractivity contribution in [3.05, 3.63) is 33.3 Å². The molecule has 1 aliphatic rings. The fraction of sp³-hybridized carbons (Fsp3) is 0.462. The molecule has 7 heteroatoms. The number of halogens is 1. The van der Waals surface area contributed by atoms with Gasteiger partial charge in [-0.15, -0.1) is 0 Å². The number of rotatable bonds is 2. The topological polar surface area (TPSA) is 66.7 Å². The van der Waals surface area contributed by atoms with E-state index in [2.05, 4.69) is 0 Å². The van der Waals surface area contributed by atoms with Crippen molar-refractivity contribution in [1.29, 1.82) is 0 Å². The highest BCUT2D eigenvalue weighted by molar-refractivity contribution is 6.34. The van der Waals surface area contributed by atoms with E-state index in [0.29, 0.717) is 18.8 Å². The SMILES string of the molecule is CC(C)(C)N1CCN(c2ccc([N+](=O)[O-])cc2Cl)C1=O. The number of urea groups is 1. The van der Waals surface area contributed by atoms with Crippen molar-refractivity contribution in [3.8, 4) is 0 Å². The van der Waals surface area contributed by atoms with Crippen LogP contribution in [-0.2, 0) is 0 Å². The number of benzene rings is 1. The number of nitro groups is 1. The normalized spacial score (nSPS) is 15.9. The van der Waals surface area contributed by atoms with Gasteiger partial charge in [-0.2, -0.15) is 0 Å². The van der Waals surface area contributed by atoms with Crippen LogP contribution in [0.1, 0.15) is 20.8 Å². The molecule has 0 N–H and O–H groups in total. The number of amides is 2. The first-order valence-corrected chi connectivity index (χ1v) is 6.62. The minimum atomic E-state index is -0.511. The maximum atomic E-state index is 12.4. The Bertz CT molecular complexity index is 568. The molecule has 1 aromatic rings. The van der Waals surface area contributed by atoms with Crippen LogP contribution in [0.3, 0.4) is 0 Å². The summed E-state index contributed by atoms with van der Waals surface area (Å²) < 4.78 is 0. The molecule has 1 aliphatic heterocycles. The molecule has 2 rings (SSSR count). The molecule has 0 radical (unpaired) electrons. The van der Waals surface area contributed by atoms with E-state index in [0.717, 1.165) is 0 Å². The molecule has 2 amide bonds. The van der Waals surface area contributed by atoms with Crippen LogP contribution in [0.2, 0.25) is 5.02 Å². The van der Waals surface area contributed by atoms with E-state index in [4.69, 9.17) is 11.6 Å². The third-order valence-corrected chi connectivity index (χ3v) is 3.55. The predicted molar refractivity (Wildman–Crippen MR) is 77.3 cm³/mol. The van der Waals surface area contributed by atoms with E-state index in [-0.39, 0.29) is 22.3 Å². The van der Waals surface area contributed by atoms with Crippen LogP contribution < -0.4 is 4.90 Å². The summed E-state index contributed by atoms with van der Waals surface area (Å²) in [6.45, 7) is 7.02. The van der Waals surface area contributed by atoms with Crippen LogP contribution in [0.15, 0.2) is 18.2 Å². The molecule has 1 fully saturated rings. The van der Waals surface area contributed by atoms with Crippen molar-refractivity contribution < 1.29 is 9.72 Å². The van der Waals surface area contributed by atoms with E-state index in [1.165, 1.54) is 18.2 Å². The Morgan fingerprint density at radius 3 is 2.40 bits per heavy atom. The molecule has 20 heavy (non-hydrogen) atoms. The summed E-state index contributed by atoms with van der Waals surface area (Å²) in [7, 11) is 0.